The number of alkyl halides is 2. The van der Waals surface area contributed by atoms with E-state index in [9.17, 15) is 13.0 Å². The Morgan fingerprint density at radius 1 is 1.22 bits per heavy atom. The summed E-state index contributed by atoms with van der Waals surface area (Å²) in [6, 6.07) is 6.75. The van der Waals surface area contributed by atoms with Crippen molar-refractivity contribution in [3.05, 3.63) is 24.3 Å². The molecule has 1 saturated heterocycles. The van der Waals surface area contributed by atoms with E-state index in [1.807, 2.05) is 0 Å². The van der Waals surface area contributed by atoms with Crippen LogP contribution in [-0.2, 0) is 10.8 Å². The van der Waals surface area contributed by atoms with Crippen molar-refractivity contribution in [3.63, 3.8) is 0 Å². The third-order valence-electron chi connectivity index (χ3n) is 2.84. The van der Waals surface area contributed by atoms with E-state index in [0.29, 0.717) is 6.04 Å². The zero-order valence-electron chi connectivity index (χ0n) is 9.77. The van der Waals surface area contributed by atoms with Gasteiger partial charge in [0.15, 0.2) is 0 Å². The second-order valence-corrected chi connectivity index (χ2v) is 5.87. The molecule has 1 N–H and O–H groups in total. The SMILES string of the molecule is O=S1CCC(Nc2ccc(OC(F)F)cc2)CC1. The highest BCUT2D eigenvalue weighted by Gasteiger charge is 2.17. The van der Waals surface area contributed by atoms with Crippen molar-refractivity contribution in [1.29, 1.82) is 0 Å². The molecule has 0 aliphatic carbocycles. The number of benzene rings is 1. The van der Waals surface area contributed by atoms with Crippen molar-refractivity contribution in [2.75, 3.05) is 16.8 Å². The van der Waals surface area contributed by atoms with Crippen LogP contribution in [0.4, 0.5) is 14.5 Å². The molecule has 1 heterocycles. The molecular weight excluding hydrogens is 260 g/mol. The van der Waals surface area contributed by atoms with Crippen molar-refractivity contribution < 1.29 is 17.7 Å². The Morgan fingerprint density at radius 3 is 2.39 bits per heavy atom. The van der Waals surface area contributed by atoms with Gasteiger partial charge in [-0.05, 0) is 37.1 Å². The summed E-state index contributed by atoms with van der Waals surface area (Å²) in [6.45, 7) is -2.79. The quantitative estimate of drug-likeness (QED) is 0.918. The lowest BCUT2D eigenvalue weighted by molar-refractivity contribution is -0.0498. The smallest absolute Gasteiger partial charge is 0.387 e. The molecule has 0 aromatic heterocycles. The number of nitrogens with one attached hydrogen (secondary N) is 1. The van der Waals surface area contributed by atoms with Crippen LogP contribution < -0.4 is 10.1 Å². The minimum atomic E-state index is -2.79. The minimum absolute atomic E-state index is 0.153. The van der Waals surface area contributed by atoms with Crippen LogP contribution in [0.1, 0.15) is 12.8 Å². The summed E-state index contributed by atoms with van der Waals surface area (Å²) < 4.78 is 39.4. The minimum Gasteiger partial charge on any atom is -0.435 e. The molecule has 0 atom stereocenters. The number of halogens is 2. The van der Waals surface area contributed by atoms with Crippen LogP contribution in [0, 0.1) is 0 Å². The molecular formula is C12H15F2NO2S. The first-order valence-electron chi connectivity index (χ1n) is 5.80. The molecule has 0 spiro atoms. The average Bonchev–Trinajstić information content (AvgIpc) is 2.34. The van der Waals surface area contributed by atoms with Gasteiger partial charge in [0.2, 0.25) is 0 Å². The first kappa shape index (κ1) is 13.3. The number of ether oxygens (including phenoxy) is 1. The Balaban J connectivity index is 1.88. The van der Waals surface area contributed by atoms with Crippen molar-refractivity contribution in [2.45, 2.75) is 25.5 Å². The third kappa shape index (κ3) is 3.94. The average molecular weight is 275 g/mol. The van der Waals surface area contributed by atoms with Gasteiger partial charge in [0.1, 0.15) is 5.75 Å². The Morgan fingerprint density at radius 2 is 1.83 bits per heavy atom. The molecule has 1 fully saturated rings. The van der Waals surface area contributed by atoms with E-state index in [2.05, 4.69) is 10.1 Å². The summed E-state index contributed by atoms with van der Waals surface area (Å²) >= 11 is 0. The van der Waals surface area contributed by atoms with Gasteiger partial charge in [-0.15, -0.1) is 0 Å². The summed E-state index contributed by atoms with van der Waals surface area (Å²) in [5.41, 5.74) is 0.870. The molecule has 1 aliphatic rings. The van der Waals surface area contributed by atoms with Crippen molar-refractivity contribution >= 4 is 16.5 Å². The van der Waals surface area contributed by atoms with Crippen LogP contribution in [-0.4, -0.2) is 28.4 Å². The molecule has 0 saturated carbocycles. The Labute approximate surface area is 107 Å². The Bertz CT molecular complexity index is 401. The van der Waals surface area contributed by atoms with Gasteiger partial charge < -0.3 is 10.1 Å². The number of hydrogen-bond donors (Lipinski definition) is 1. The van der Waals surface area contributed by atoms with E-state index in [0.717, 1.165) is 30.0 Å². The highest BCUT2D eigenvalue weighted by molar-refractivity contribution is 7.85. The molecule has 6 heteroatoms. The van der Waals surface area contributed by atoms with E-state index in [1.165, 1.54) is 12.1 Å². The maximum absolute atomic E-state index is 12.0. The van der Waals surface area contributed by atoms with Gasteiger partial charge in [-0.3, -0.25) is 4.21 Å². The van der Waals surface area contributed by atoms with Crippen LogP contribution in [0.25, 0.3) is 0 Å². The van der Waals surface area contributed by atoms with Crippen LogP contribution >= 0.6 is 0 Å². The molecule has 1 aromatic rings. The van der Waals surface area contributed by atoms with Gasteiger partial charge in [0.25, 0.3) is 0 Å². The van der Waals surface area contributed by atoms with E-state index in [-0.39, 0.29) is 5.75 Å². The second kappa shape index (κ2) is 6.13. The summed E-state index contributed by atoms with van der Waals surface area (Å²) in [6.07, 6.45) is 1.75. The van der Waals surface area contributed by atoms with E-state index in [4.69, 9.17) is 0 Å². The van der Waals surface area contributed by atoms with E-state index >= 15 is 0 Å². The van der Waals surface area contributed by atoms with E-state index in [1.54, 1.807) is 12.1 Å². The normalized spacial score (nSPS) is 23.9. The lowest BCUT2D eigenvalue weighted by atomic mass is 10.1. The van der Waals surface area contributed by atoms with Crippen molar-refractivity contribution in [1.82, 2.24) is 0 Å². The van der Waals surface area contributed by atoms with Crippen molar-refractivity contribution in [3.8, 4) is 5.75 Å². The molecule has 0 unspecified atom stereocenters. The molecule has 1 aromatic carbocycles. The number of rotatable bonds is 4. The fourth-order valence-corrected chi connectivity index (χ4v) is 3.21. The molecule has 0 amide bonds. The zero-order valence-corrected chi connectivity index (χ0v) is 10.6. The molecule has 0 radical (unpaired) electrons. The molecule has 0 bridgehead atoms. The highest BCUT2D eigenvalue weighted by atomic mass is 32.2. The fourth-order valence-electron chi connectivity index (χ4n) is 1.91. The highest BCUT2D eigenvalue weighted by Crippen LogP contribution is 2.20. The summed E-state index contributed by atoms with van der Waals surface area (Å²) in [5, 5.41) is 3.30. The maximum atomic E-state index is 12.0. The molecule has 2 rings (SSSR count). The number of anilines is 1. The second-order valence-electron chi connectivity index (χ2n) is 4.17. The third-order valence-corrected chi connectivity index (χ3v) is 4.22. The predicted molar refractivity (Wildman–Crippen MR) is 67.6 cm³/mol. The van der Waals surface area contributed by atoms with Crippen LogP contribution in [0.2, 0.25) is 0 Å². The summed E-state index contributed by atoms with van der Waals surface area (Å²) in [5.74, 6) is 1.61. The summed E-state index contributed by atoms with van der Waals surface area (Å²) in [7, 11) is -0.673. The van der Waals surface area contributed by atoms with Gasteiger partial charge in [0.05, 0.1) is 0 Å². The van der Waals surface area contributed by atoms with E-state index < -0.39 is 17.4 Å². The topological polar surface area (TPSA) is 38.3 Å². The van der Waals surface area contributed by atoms with Gasteiger partial charge in [-0.1, -0.05) is 0 Å². The van der Waals surface area contributed by atoms with Crippen molar-refractivity contribution in [2.24, 2.45) is 0 Å². The lowest BCUT2D eigenvalue weighted by Crippen LogP contribution is -2.29. The largest absolute Gasteiger partial charge is 0.435 e. The standard InChI is InChI=1S/C12H15F2NO2S/c13-12(14)17-11-3-1-9(2-4-11)15-10-5-7-18(16)8-6-10/h1-4,10,12,15H,5-8H2. The molecule has 100 valence electrons. The predicted octanol–water partition coefficient (Wildman–Crippen LogP) is 2.61. The molecule has 18 heavy (non-hydrogen) atoms. The van der Waals surface area contributed by atoms with Crippen LogP contribution in [0.3, 0.4) is 0 Å². The first-order chi connectivity index (χ1) is 8.63. The lowest BCUT2D eigenvalue weighted by Gasteiger charge is -2.23. The van der Waals surface area contributed by atoms with Gasteiger partial charge >= 0.3 is 6.61 Å². The Hall–Kier alpha value is -1.17. The fraction of sp³-hybridized carbons (Fsp3) is 0.500. The van der Waals surface area contributed by atoms with Gasteiger partial charge in [0, 0.05) is 34.0 Å². The van der Waals surface area contributed by atoms with Gasteiger partial charge in [-0.25, -0.2) is 0 Å². The van der Waals surface area contributed by atoms with Crippen LogP contribution in [0.5, 0.6) is 5.75 Å². The van der Waals surface area contributed by atoms with Crippen LogP contribution in [0.15, 0.2) is 24.3 Å². The zero-order chi connectivity index (χ0) is 13.0. The first-order valence-corrected chi connectivity index (χ1v) is 7.28. The molecule has 1 aliphatic heterocycles. The molecule has 3 nitrogen and oxygen atoms in total. The maximum Gasteiger partial charge on any atom is 0.387 e. The summed E-state index contributed by atoms with van der Waals surface area (Å²) in [4.78, 5) is 0. The monoisotopic (exact) mass is 275 g/mol. The van der Waals surface area contributed by atoms with Gasteiger partial charge in [-0.2, -0.15) is 8.78 Å². The number of hydrogen-bond acceptors (Lipinski definition) is 3. The Kier molecular flexibility index (Phi) is 4.52.